The molecular weight excluding hydrogens is 364 g/mol. The Bertz CT molecular complexity index is 1060. The Hall–Kier alpha value is -2.96. The molecule has 2 aromatic rings. The lowest BCUT2D eigenvalue weighted by molar-refractivity contribution is 0.103. The van der Waals surface area contributed by atoms with Crippen LogP contribution in [0.25, 0.3) is 11.1 Å². The molecule has 0 saturated carbocycles. The molecule has 6 nitrogen and oxygen atoms in total. The summed E-state index contributed by atoms with van der Waals surface area (Å²) < 4.78 is 0. The number of rotatable bonds is 6. The van der Waals surface area contributed by atoms with Crippen LogP contribution in [0.5, 0.6) is 0 Å². The Kier molecular flexibility index (Phi) is 5.22. The summed E-state index contributed by atoms with van der Waals surface area (Å²) >= 11 is 0. The quantitative estimate of drug-likeness (QED) is 0.708. The van der Waals surface area contributed by atoms with Crippen LogP contribution >= 0.6 is 0 Å². The molecule has 0 amide bonds. The van der Waals surface area contributed by atoms with E-state index in [0.29, 0.717) is 0 Å². The standard InChI is InChI=1S/C23H26N4O2/c1-24-10-8-14-12-25-22-16(4-6-18(28)20(14)22)17-5-7-19(29)21-15(9-11-27(2)3)13-26-23(17)21/h4-7,12-13,24-26H,8-11H2,1-3H3. The van der Waals surface area contributed by atoms with Gasteiger partial charge in [0.2, 0.25) is 0 Å². The highest BCUT2D eigenvalue weighted by Crippen LogP contribution is 2.38. The van der Waals surface area contributed by atoms with Gasteiger partial charge in [0.25, 0.3) is 0 Å². The van der Waals surface area contributed by atoms with Gasteiger partial charge >= 0.3 is 0 Å². The first-order chi connectivity index (χ1) is 14.0. The van der Waals surface area contributed by atoms with Crippen LogP contribution in [0.4, 0.5) is 0 Å². The zero-order valence-corrected chi connectivity index (χ0v) is 17.1. The molecule has 0 radical (unpaired) electrons. The average molecular weight is 390 g/mol. The first-order valence-corrected chi connectivity index (χ1v) is 9.91. The van der Waals surface area contributed by atoms with E-state index in [0.717, 1.165) is 70.7 Å². The predicted molar refractivity (Wildman–Crippen MR) is 115 cm³/mol. The van der Waals surface area contributed by atoms with Crippen LogP contribution < -0.4 is 5.32 Å². The summed E-state index contributed by atoms with van der Waals surface area (Å²) in [6.45, 7) is 1.68. The van der Waals surface area contributed by atoms with Crippen molar-refractivity contribution in [2.24, 2.45) is 0 Å². The van der Waals surface area contributed by atoms with E-state index < -0.39 is 0 Å². The number of aromatic amines is 2. The summed E-state index contributed by atoms with van der Waals surface area (Å²) in [5, 5.41) is 3.13. The second-order valence-corrected chi connectivity index (χ2v) is 7.76. The molecule has 0 unspecified atom stereocenters. The first-order valence-electron chi connectivity index (χ1n) is 9.91. The zero-order chi connectivity index (χ0) is 20.5. The Labute approximate surface area is 170 Å². The van der Waals surface area contributed by atoms with Crippen molar-refractivity contribution in [3.05, 3.63) is 70.3 Å². The van der Waals surface area contributed by atoms with Gasteiger partial charge < -0.3 is 20.2 Å². The fourth-order valence-electron chi connectivity index (χ4n) is 4.01. The predicted octanol–water partition coefficient (Wildman–Crippen LogP) is 2.62. The molecule has 0 aliphatic heterocycles. The van der Waals surface area contributed by atoms with Crippen molar-refractivity contribution in [2.75, 3.05) is 34.2 Å². The molecule has 0 saturated heterocycles. The number of nitrogens with one attached hydrogen (secondary N) is 3. The maximum Gasteiger partial charge on any atom is 0.188 e. The first kappa shape index (κ1) is 19.4. The maximum absolute atomic E-state index is 12.6. The molecule has 2 aromatic heterocycles. The Morgan fingerprint density at radius 1 is 0.828 bits per heavy atom. The largest absolute Gasteiger partial charge is 0.360 e. The minimum atomic E-state index is 0.0194. The van der Waals surface area contributed by atoms with Gasteiger partial charge in [-0.1, -0.05) is 0 Å². The van der Waals surface area contributed by atoms with Gasteiger partial charge in [0.1, 0.15) is 0 Å². The molecule has 3 N–H and O–H groups in total. The number of ketones is 2. The van der Waals surface area contributed by atoms with Crippen LogP contribution in [0.3, 0.4) is 0 Å². The Morgan fingerprint density at radius 3 is 1.83 bits per heavy atom. The van der Waals surface area contributed by atoms with Crippen LogP contribution in [-0.2, 0) is 12.8 Å². The smallest absolute Gasteiger partial charge is 0.188 e. The molecule has 0 bridgehead atoms. The van der Waals surface area contributed by atoms with Gasteiger partial charge in [0.15, 0.2) is 11.6 Å². The second-order valence-electron chi connectivity index (χ2n) is 7.76. The topological polar surface area (TPSA) is 81.0 Å². The lowest BCUT2D eigenvalue weighted by Crippen LogP contribution is -2.16. The monoisotopic (exact) mass is 390 g/mol. The SMILES string of the molecule is CNCCc1c[nH]c2c1C(=O)C=CC2=C1C=CC(=O)c2c(CCN(C)C)c[nH]c21. The van der Waals surface area contributed by atoms with Gasteiger partial charge in [0, 0.05) is 30.1 Å². The molecule has 6 heteroatoms. The lowest BCUT2D eigenvalue weighted by Gasteiger charge is -2.17. The van der Waals surface area contributed by atoms with Gasteiger partial charge in [-0.05, 0) is 76.0 Å². The molecular formula is C23H26N4O2. The van der Waals surface area contributed by atoms with Crippen molar-refractivity contribution < 1.29 is 9.59 Å². The summed E-state index contributed by atoms with van der Waals surface area (Å²) in [6, 6.07) is 0. The summed E-state index contributed by atoms with van der Waals surface area (Å²) in [4.78, 5) is 33.9. The fraction of sp³-hybridized carbons (Fsp3) is 0.304. The number of aromatic nitrogens is 2. The van der Waals surface area contributed by atoms with Crippen molar-refractivity contribution in [3.8, 4) is 0 Å². The number of hydrogen-bond acceptors (Lipinski definition) is 4. The van der Waals surface area contributed by atoms with Crippen molar-refractivity contribution in [2.45, 2.75) is 12.8 Å². The Balaban J connectivity index is 1.81. The molecule has 0 fully saturated rings. The number of carbonyl (C=O) groups is 2. The molecule has 2 aliphatic rings. The average Bonchev–Trinajstić information content (AvgIpc) is 3.31. The van der Waals surface area contributed by atoms with E-state index in [2.05, 4.69) is 20.2 Å². The van der Waals surface area contributed by atoms with E-state index in [1.807, 2.05) is 45.7 Å². The highest BCUT2D eigenvalue weighted by atomic mass is 16.1. The van der Waals surface area contributed by atoms with Crippen molar-refractivity contribution in [3.63, 3.8) is 0 Å². The van der Waals surface area contributed by atoms with E-state index in [-0.39, 0.29) is 11.6 Å². The minimum absolute atomic E-state index is 0.0194. The Morgan fingerprint density at radius 2 is 1.34 bits per heavy atom. The van der Waals surface area contributed by atoms with Crippen LogP contribution in [-0.4, -0.2) is 60.7 Å². The number of nitrogens with zero attached hydrogens (tertiary/aromatic N) is 1. The number of fused-ring (bicyclic) bond motifs is 2. The molecule has 2 heterocycles. The fourth-order valence-corrected chi connectivity index (χ4v) is 4.01. The van der Waals surface area contributed by atoms with Crippen molar-refractivity contribution >= 4 is 22.7 Å². The summed E-state index contributed by atoms with van der Waals surface area (Å²) in [5.41, 5.74) is 7.03. The highest BCUT2D eigenvalue weighted by Gasteiger charge is 2.28. The van der Waals surface area contributed by atoms with Crippen molar-refractivity contribution in [1.82, 2.24) is 20.2 Å². The van der Waals surface area contributed by atoms with Gasteiger partial charge in [-0.25, -0.2) is 0 Å². The molecule has 150 valence electrons. The van der Waals surface area contributed by atoms with Crippen LogP contribution in [0.1, 0.15) is 43.2 Å². The summed E-state index contributed by atoms with van der Waals surface area (Å²) in [7, 11) is 5.95. The minimum Gasteiger partial charge on any atom is -0.360 e. The third-order valence-electron chi connectivity index (χ3n) is 5.52. The van der Waals surface area contributed by atoms with Crippen molar-refractivity contribution in [1.29, 1.82) is 0 Å². The van der Waals surface area contributed by atoms with Gasteiger partial charge in [0.05, 0.1) is 22.5 Å². The molecule has 0 atom stereocenters. The van der Waals surface area contributed by atoms with E-state index >= 15 is 0 Å². The number of hydrogen-bond donors (Lipinski definition) is 3. The summed E-state index contributed by atoms with van der Waals surface area (Å²) in [5.74, 6) is 0.0441. The van der Waals surface area contributed by atoms with E-state index in [1.165, 1.54) is 0 Å². The molecule has 29 heavy (non-hydrogen) atoms. The molecule has 0 spiro atoms. The number of allylic oxidation sites excluding steroid dienone is 6. The normalized spacial score (nSPS) is 17.9. The lowest BCUT2D eigenvalue weighted by atomic mass is 9.86. The molecule has 4 rings (SSSR count). The van der Waals surface area contributed by atoms with Gasteiger partial charge in [-0.3, -0.25) is 9.59 Å². The van der Waals surface area contributed by atoms with Crippen LogP contribution in [0.2, 0.25) is 0 Å². The highest BCUT2D eigenvalue weighted by molar-refractivity contribution is 6.20. The summed E-state index contributed by atoms with van der Waals surface area (Å²) in [6.07, 6.45) is 12.4. The van der Waals surface area contributed by atoms with E-state index in [4.69, 9.17) is 0 Å². The number of carbonyl (C=O) groups excluding carboxylic acids is 2. The zero-order valence-electron chi connectivity index (χ0n) is 17.1. The maximum atomic E-state index is 12.6. The van der Waals surface area contributed by atoms with Gasteiger partial charge in [-0.15, -0.1) is 0 Å². The third kappa shape index (κ3) is 3.45. The van der Waals surface area contributed by atoms with Crippen LogP contribution in [0, 0.1) is 0 Å². The van der Waals surface area contributed by atoms with Crippen LogP contribution in [0.15, 0.2) is 36.7 Å². The third-order valence-corrected chi connectivity index (χ3v) is 5.52. The number of likely N-dealkylation sites (N-methyl/N-ethyl adjacent to an activating group) is 2. The van der Waals surface area contributed by atoms with E-state index in [9.17, 15) is 9.59 Å². The molecule has 2 aliphatic carbocycles. The second kappa shape index (κ2) is 7.81. The molecule has 0 aromatic carbocycles. The number of H-pyrrole nitrogens is 2. The van der Waals surface area contributed by atoms with Gasteiger partial charge in [-0.2, -0.15) is 0 Å². The van der Waals surface area contributed by atoms with E-state index in [1.54, 1.807) is 12.2 Å².